The van der Waals surface area contributed by atoms with Crippen LogP contribution in [0.4, 0.5) is 0 Å². The molecule has 1 amide bonds. The Balaban J connectivity index is 2.00. The van der Waals surface area contributed by atoms with Gasteiger partial charge in [0.05, 0.1) is 13.7 Å². The van der Waals surface area contributed by atoms with Crippen molar-refractivity contribution in [2.45, 2.75) is 45.4 Å². The normalized spacial score (nSPS) is 16.0. The van der Waals surface area contributed by atoms with Gasteiger partial charge in [0, 0.05) is 38.5 Å². The summed E-state index contributed by atoms with van der Waals surface area (Å²) in [5.41, 5.74) is 1.18. The highest BCUT2D eigenvalue weighted by Gasteiger charge is 2.25. The van der Waals surface area contributed by atoms with Gasteiger partial charge >= 0.3 is 0 Å². The van der Waals surface area contributed by atoms with E-state index < -0.39 is 0 Å². The second-order valence-electron chi connectivity index (χ2n) is 8.09. The Morgan fingerprint density at radius 3 is 2.43 bits per heavy atom. The van der Waals surface area contributed by atoms with Gasteiger partial charge in [-0.2, -0.15) is 0 Å². The number of amides is 1. The van der Waals surface area contributed by atoms with Gasteiger partial charge in [-0.1, -0.05) is 26.0 Å². The molecule has 6 heteroatoms. The molecule has 0 saturated carbocycles. The molecule has 1 heterocycles. The molecule has 28 heavy (non-hydrogen) atoms. The zero-order chi connectivity index (χ0) is 20.6. The molecule has 0 atom stereocenters. The fraction of sp³-hybridized carbons (Fsp3) is 0.636. The summed E-state index contributed by atoms with van der Waals surface area (Å²) in [5, 5.41) is 6.17. The second kappa shape index (κ2) is 10.3. The van der Waals surface area contributed by atoms with Crippen LogP contribution >= 0.6 is 0 Å². The number of likely N-dealkylation sites (tertiary alicyclic amines) is 1. The number of piperidine rings is 1. The van der Waals surface area contributed by atoms with Gasteiger partial charge in [0.1, 0.15) is 5.75 Å². The van der Waals surface area contributed by atoms with Gasteiger partial charge in [0.2, 0.25) is 5.91 Å². The van der Waals surface area contributed by atoms with Gasteiger partial charge in [-0.05, 0) is 43.4 Å². The average molecular weight is 389 g/mol. The van der Waals surface area contributed by atoms with E-state index in [1.807, 2.05) is 12.1 Å². The summed E-state index contributed by atoms with van der Waals surface area (Å²) in [7, 11) is 3.39. The van der Waals surface area contributed by atoms with E-state index in [-0.39, 0.29) is 11.3 Å². The van der Waals surface area contributed by atoms with Gasteiger partial charge in [-0.25, -0.2) is 0 Å². The molecule has 156 valence electrons. The van der Waals surface area contributed by atoms with Gasteiger partial charge in [-0.15, -0.1) is 0 Å². The van der Waals surface area contributed by atoms with E-state index in [1.165, 1.54) is 5.56 Å². The fourth-order valence-corrected chi connectivity index (χ4v) is 3.54. The SMILES string of the molecule is CCNC(=NCC(C)(C)c1ccc(OC)cc1)N1CCC(CC(=O)NC)CC1. The summed E-state index contributed by atoms with van der Waals surface area (Å²) < 4.78 is 5.26. The van der Waals surface area contributed by atoms with E-state index in [1.54, 1.807) is 14.2 Å². The summed E-state index contributed by atoms with van der Waals surface area (Å²) in [6.07, 6.45) is 2.68. The van der Waals surface area contributed by atoms with Crippen LogP contribution in [0.2, 0.25) is 0 Å². The smallest absolute Gasteiger partial charge is 0.220 e. The number of hydrogen-bond donors (Lipinski definition) is 2. The molecule has 0 aromatic heterocycles. The van der Waals surface area contributed by atoms with Crippen LogP contribution in [-0.2, 0) is 10.2 Å². The van der Waals surface area contributed by atoms with Crippen LogP contribution < -0.4 is 15.4 Å². The number of carbonyl (C=O) groups excluding carboxylic acids is 1. The number of ether oxygens (including phenoxy) is 1. The summed E-state index contributed by atoms with van der Waals surface area (Å²) in [6.45, 7) is 9.98. The van der Waals surface area contributed by atoms with E-state index in [4.69, 9.17) is 9.73 Å². The van der Waals surface area contributed by atoms with Crippen molar-refractivity contribution in [1.29, 1.82) is 0 Å². The van der Waals surface area contributed by atoms with E-state index in [0.29, 0.717) is 18.9 Å². The number of rotatable bonds is 7. The number of carbonyl (C=O) groups is 1. The number of hydrogen-bond acceptors (Lipinski definition) is 3. The number of aliphatic imine (C=N–C) groups is 1. The molecule has 1 fully saturated rings. The van der Waals surface area contributed by atoms with Crippen molar-refractivity contribution in [3.05, 3.63) is 29.8 Å². The third kappa shape index (κ3) is 6.14. The first-order valence-corrected chi connectivity index (χ1v) is 10.3. The maximum Gasteiger partial charge on any atom is 0.220 e. The Bertz CT molecular complexity index is 647. The number of benzene rings is 1. The maximum atomic E-state index is 11.6. The monoisotopic (exact) mass is 388 g/mol. The zero-order valence-corrected chi connectivity index (χ0v) is 18.0. The van der Waals surface area contributed by atoms with Crippen LogP contribution in [0.15, 0.2) is 29.3 Å². The predicted octanol–water partition coefficient (Wildman–Crippen LogP) is 2.79. The Morgan fingerprint density at radius 1 is 1.25 bits per heavy atom. The summed E-state index contributed by atoms with van der Waals surface area (Å²) >= 11 is 0. The van der Waals surface area contributed by atoms with Crippen molar-refractivity contribution >= 4 is 11.9 Å². The fourth-order valence-electron chi connectivity index (χ4n) is 3.54. The topological polar surface area (TPSA) is 66.0 Å². The van der Waals surface area contributed by atoms with Crippen molar-refractivity contribution in [1.82, 2.24) is 15.5 Å². The maximum absolute atomic E-state index is 11.6. The molecule has 2 N–H and O–H groups in total. The van der Waals surface area contributed by atoms with E-state index in [2.05, 4.69) is 48.4 Å². The number of nitrogens with zero attached hydrogens (tertiary/aromatic N) is 2. The molecule has 1 aliphatic rings. The highest BCUT2D eigenvalue weighted by atomic mass is 16.5. The van der Waals surface area contributed by atoms with Gasteiger partial charge < -0.3 is 20.3 Å². The lowest BCUT2D eigenvalue weighted by Crippen LogP contribution is -2.46. The first kappa shape index (κ1) is 22.1. The minimum absolute atomic E-state index is 0.0650. The average Bonchev–Trinajstić information content (AvgIpc) is 2.71. The standard InChI is InChI=1S/C22H36N4O2/c1-6-24-21(26-13-11-17(12-14-26)15-20(27)23-4)25-16-22(2,3)18-7-9-19(28-5)10-8-18/h7-10,17H,6,11-16H2,1-5H3,(H,23,27)(H,24,25). The molecule has 2 rings (SSSR count). The Hall–Kier alpha value is -2.24. The molecular formula is C22H36N4O2. The van der Waals surface area contributed by atoms with Crippen molar-refractivity contribution in [2.24, 2.45) is 10.9 Å². The molecule has 1 aromatic carbocycles. The first-order valence-electron chi connectivity index (χ1n) is 10.3. The second-order valence-corrected chi connectivity index (χ2v) is 8.09. The van der Waals surface area contributed by atoms with Crippen molar-refractivity contribution < 1.29 is 9.53 Å². The lowest BCUT2D eigenvalue weighted by molar-refractivity contribution is -0.121. The zero-order valence-electron chi connectivity index (χ0n) is 18.0. The predicted molar refractivity (Wildman–Crippen MR) is 115 cm³/mol. The highest BCUT2D eigenvalue weighted by molar-refractivity contribution is 5.80. The quantitative estimate of drug-likeness (QED) is 0.557. The number of nitrogens with one attached hydrogen (secondary N) is 2. The molecular weight excluding hydrogens is 352 g/mol. The van der Waals surface area contributed by atoms with Gasteiger partial charge in [-0.3, -0.25) is 9.79 Å². The lowest BCUT2D eigenvalue weighted by atomic mass is 9.85. The van der Waals surface area contributed by atoms with Gasteiger partial charge in [0.25, 0.3) is 0 Å². The van der Waals surface area contributed by atoms with Crippen molar-refractivity contribution in [3.8, 4) is 5.75 Å². The van der Waals surface area contributed by atoms with Crippen LogP contribution in [-0.4, -0.2) is 57.1 Å². The summed E-state index contributed by atoms with van der Waals surface area (Å²) in [6, 6.07) is 8.24. The Morgan fingerprint density at radius 2 is 1.89 bits per heavy atom. The Labute approximate surface area is 169 Å². The summed E-state index contributed by atoms with van der Waals surface area (Å²) in [5.74, 6) is 2.45. The van der Waals surface area contributed by atoms with Crippen molar-refractivity contribution in [3.63, 3.8) is 0 Å². The molecule has 0 radical (unpaired) electrons. The lowest BCUT2D eigenvalue weighted by Gasteiger charge is -2.34. The minimum atomic E-state index is -0.0650. The summed E-state index contributed by atoms with van der Waals surface area (Å²) in [4.78, 5) is 18.9. The molecule has 6 nitrogen and oxygen atoms in total. The molecule has 1 aliphatic heterocycles. The highest BCUT2D eigenvalue weighted by Crippen LogP contribution is 2.26. The molecule has 0 spiro atoms. The number of methoxy groups -OCH3 is 1. The largest absolute Gasteiger partial charge is 0.497 e. The van der Waals surface area contributed by atoms with Crippen LogP contribution in [0.5, 0.6) is 5.75 Å². The van der Waals surface area contributed by atoms with E-state index in [9.17, 15) is 4.79 Å². The number of guanidine groups is 1. The van der Waals surface area contributed by atoms with Crippen LogP contribution in [0.3, 0.4) is 0 Å². The van der Waals surface area contributed by atoms with E-state index in [0.717, 1.165) is 44.2 Å². The molecule has 0 unspecified atom stereocenters. The van der Waals surface area contributed by atoms with Crippen LogP contribution in [0, 0.1) is 5.92 Å². The van der Waals surface area contributed by atoms with Crippen LogP contribution in [0.25, 0.3) is 0 Å². The Kier molecular flexibility index (Phi) is 8.15. The van der Waals surface area contributed by atoms with E-state index >= 15 is 0 Å². The first-order chi connectivity index (χ1) is 13.4. The molecule has 1 aromatic rings. The third-order valence-electron chi connectivity index (χ3n) is 5.50. The van der Waals surface area contributed by atoms with Crippen LogP contribution in [0.1, 0.15) is 45.6 Å². The van der Waals surface area contributed by atoms with Crippen molar-refractivity contribution in [2.75, 3.05) is 40.3 Å². The molecule has 0 bridgehead atoms. The minimum Gasteiger partial charge on any atom is -0.497 e. The molecule has 1 saturated heterocycles. The molecule has 0 aliphatic carbocycles. The third-order valence-corrected chi connectivity index (χ3v) is 5.50. The van der Waals surface area contributed by atoms with Gasteiger partial charge in [0.15, 0.2) is 5.96 Å².